The number of rotatable bonds is 2. The van der Waals surface area contributed by atoms with Gasteiger partial charge in [-0.25, -0.2) is 4.39 Å². The predicted octanol–water partition coefficient (Wildman–Crippen LogP) is 1.92. The van der Waals surface area contributed by atoms with Gasteiger partial charge in [0.2, 0.25) is 0 Å². The highest BCUT2D eigenvalue weighted by atomic mass is 19.1. The van der Waals surface area contributed by atoms with Crippen LogP contribution in [0.1, 0.15) is 24.8 Å². The van der Waals surface area contributed by atoms with Crippen LogP contribution in [0, 0.1) is 5.82 Å². The molecule has 0 aromatic heterocycles. The molecule has 0 aliphatic carbocycles. The second-order valence-electron chi connectivity index (χ2n) is 4.24. The predicted molar refractivity (Wildman–Crippen MR) is 59.1 cm³/mol. The standard InChI is InChI=1S/C12H16FNO2/c13-10-4-5-11(15)12(16)9(10)7-8-3-1-2-6-14-8/h4-5,8,14-16H,1-3,6-7H2. The first-order chi connectivity index (χ1) is 7.68. The lowest BCUT2D eigenvalue weighted by Crippen LogP contribution is -2.35. The number of nitrogens with one attached hydrogen (secondary N) is 1. The molecule has 1 saturated heterocycles. The van der Waals surface area contributed by atoms with Crippen molar-refractivity contribution in [2.45, 2.75) is 31.7 Å². The molecule has 1 unspecified atom stereocenters. The second kappa shape index (κ2) is 4.70. The second-order valence-corrected chi connectivity index (χ2v) is 4.24. The van der Waals surface area contributed by atoms with Gasteiger partial charge in [-0.1, -0.05) is 6.42 Å². The van der Waals surface area contributed by atoms with E-state index in [2.05, 4.69) is 5.32 Å². The van der Waals surface area contributed by atoms with Crippen LogP contribution in [0.4, 0.5) is 4.39 Å². The zero-order valence-electron chi connectivity index (χ0n) is 9.04. The third kappa shape index (κ3) is 2.27. The summed E-state index contributed by atoms with van der Waals surface area (Å²) in [4.78, 5) is 0. The molecule has 1 aliphatic heterocycles. The SMILES string of the molecule is Oc1ccc(F)c(CC2CCCCN2)c1O. The number of benzene rings is 1. The van der Waals surface area contributed by atoms with Crippen LogP contribution in [-0.2, 0) is 6.42 Å². The molecule has 1 atom stereocenters. The summed E-state index contributed by atoms with van der Waals surface area (Å²) in [7, 11) is 0. The van der Waals surface area contributed by atoms with Crippen LogP contribution < -0.4 is 5.32 Å². The molecule has 1 aromatic rings. The minimum atomic E-state index is -0.456. The largest absolute Gasteiger partial charge is 0.504 e. The highest BCUT2D eigenvalue weighted by Crippen LogP contribution is 2.32. The molecule has 16 heavy (non-hydrogen) atoms. The Morgan fingerprint density at radius 2 is 2.12 bits per heavy atom. The Balaban J connectivity index is 2.16. The Morgan fingerprint density at radius 1 is 1.31 bits per heavy atom. The third-order valence-electron chi connectivity index (χ3n) is 3.07. The number of aromatic hydroxyl groups is 2. The minimum Gasteiger partial charge on any atom is -0.504 e. The zero-order valence-corrected chi connectivity index (χ0v) is 9.04. The third-order valence-corrected chi connectivity index (χ3v) is 3.07. The highest BCUT2D eigenvalue weighted by molar-refractivity contribution is 5.45. The Hall–Kier alpha value is -1.29. The molecule has 3 N–H and O–H groups in total. The quantitative estimate of drug-likeness (QED) is 0.674. The van der Waals surface area contributed by atoms with Gasteiger partial charge in [-0.3, -0.25) is 0 Å². The van der Waals surface area contributed by atoms with Crippen molar-refractivity contribution in [3.8, 4) is 11.5 Å². The average molecular weight is 225 g/mol. The molecule has 0 spiro atoms. The van der Waals surface area contributed by atoms with Crippen molar-refractivity contribution in [1.29, 1.82) is 0 Å². The summed E-state index contributed by atoms with van der Waals surface area (Å²) in [6, 6.07) is 2.55. The summed E-state index contributed by atoms with van der Waals surface area (Å²) in [5.74, 6) is -1.04. The molecule has 3 nitrogen and oxygen atoms in total. The fourth-order valence-corrected chi connectivity index (χ4v) is 2.14. The van der Waals surface area contributed by atoms with Crippen LogP contribution in [0.3, 0.4) is 0 Å². The van der Waals surface area contributed by atoms with E-state index in [9.17, 15) is 14.6 Å². The summed E-state index contributed by atoms with van der Waals surface area (Å²) < 4.78 is 13.5. The van der Waals surface area contributed by atoms with Crippen LogP contribution >= 0.6 is 0 Å². The van der Waals surface area contributed by atoms with E-state index in [1.54, 1.807) is 0 Å². The van der Waals surface area contributed by atoms with Gasteiger partial charge in [0, 0.05) is 11.6 Å². The van der Waals surface area contributed by atoms with Crippen molar-refractivity contribution in [2.75, 3.05) is 6.54 Å². The first-order valence-corrected chi connectivity index (χ1v) is 5.61. The van der Waals surface area contributed by atoms with E-state index >= 15 is 0 Å². The highest BCUT2D eigenvalue weighted by Gasteiger charge is 2.19. The van der Waals surface area contributed by atoms with Crippen LogP contribution in [0.2, 0.25) is 0 Å². The fourth-order valence-electron chi connectivity index (χ4n) is 2.14. The number of piperidine rings is 1. The number of halogens is 1. The van der Waals surface area contributed by atoms with Crippen LogP contribution in [0.15, 0.2) is 12.1 Å². The van der Waals surface area contributed by atoms with Gasteiger partial charge in [-0.05, 0) is 37.9 Å². The molecule has 0 radical (unpaired) electrons. The van der Waals surface area contributed by atoms with Gasteiger partial charge in [0.1, 0.15) is 5.82 Å². The van der Waals surface area contributed by atoms with Crippen molar-refractivity contribution >= 4 is 0 Å². The van der Waals surface area contributed by atoms with Crippen molar-refractivity contribution in [1.82, 2.24) is 5.32 Å². The maximum absolute atomic E-state index is 13.5. The maximum atomic E-state index is 13.5. The molecular weight excluding hydrogens is 209 g/mol. The van der Waals surface area contributed by atoms with E-state index in [0.29, 0.717) is 6.42 Å². The summed E-state index contributed by atoms with van der Waals surface area (Å²) in [6.45, 7) is 0.936. The fraction of sp³-hybridized carbons (Fsp3) is 0.500. The normalized spacial score (nSPS) is 20.9. The Kier molecular flexibility index (Phi) is 3.29. The molecule has 1 heterocycles. The maximum Gasteiger partial charge on any atom is 0.163 e. The lowest BCUT2D eigenvalue weighted by Gasteiger charge is -2.24. The van der Waals surface area contributed by atoms with Crippen molar-refractivity contribution in [2.24, 2.45) is 0 Å². The number of phenolic OH excluding ortho intramolecular Hbond substituents is 2. The lowest BCUT2D eigenvalue weighted by atomic mass is 9.97. The molecule has 4 heteroatoms. The van der Waals surface area contributed by atoms with E-state index in [-0.39, 0.29) is 23.1 Å². The number of hydrogen-bond acceptors (Lipinski definition) is 3. The molecule has 1 aromatic carbocycles. The van der Waals surface area contributed by atoms with E-state index in [0.717, 1.165) is 25.8 Å². The van der Waals surface area contributed by atoms with Gasteiger partial charge in [-0.15, -0.1) is 0 Å². The van der Waals surface area contributed by atoms with Gasteiger partial charge in [0.25, 0.3) is 0 Å². The molecule has 88 valence electrons. The summed E-state index contributed by atoms with van der Waals surface area (Å²) >= 11 is 0. The summed E-state index contributed by atoms with van der Waals surface area (Å²) in [6.07, 6.45) is 3.67. The topological polar surface area (TPSA) is 52.5 Å². The molecule has 0 bridgehead atoms. The molecular formula is C12H16FNO2. The minimum absolute atomic E-state index is 0.191. The molecule has 0 amide bonds. The Morgan fingerprint density at radius 3 is 2.81 bits per heavy atom. The lowest BCUT2D eigenvalue weighted by molar-refractivity contribution is 0.370. The molecule has 1 fully saturated rings. The van der Waals surface area contributed by atoms with E-state index in [1.807, 2.05) is 0 Å². The average Bonchev–Trinajstić information content (AvgIpc) is 2.31. The van der Waals surface area contributed by atoms with Gasteiger partial charge >= 0.3 is 0 Å². The van der Waals surface area contributed by atoms with E-state index in [4.69, 9.17) is 0 Å². The molecule has 2 rings (SSSR count). The van der Waals surface area contributed by atoms with Gasteiger partial charge in [0.15, 0.2) is 11.5 Å². The first kappa shape index (κ1) is 11.2. The summed E-state index contributed by atoms with van der Waals surface area (Å²) in [5.41, 5.74) is 0.208. The monoisotopic (exact) mass is 225 g/mol. The number of phenols is 2. The van der Waals surface area contributed by atoms with Crippen molar-refractivity contribution in [3.63, 3.8) is 0 Å². The Labute approximate surface area is 93.9 Å². The first-order valence-electron chi connectivity index (χ1n) is 5.61. The van der Waals surface area contributed by atoms with Crippen LogP contribution in [-0.4, -0.2) is 22.8 Å². The molecule has 0 saturated carbocycles. The van der Waals surface area contributed by atoms with E-state index < -0.39 is 5.82 Å². The van der Waals surface area contributed by atoms with Gasteiger partial charge in [-0.2, -0.15) is 0 Å². The van der Waals surface area contributed by atoms with Crippen molar-refractivity contribution in [3.05, 3.63) is 23.5 Å². The van der Waals surface area contributed by atoms with Gasteiger partial charge < -0.3 is 15.5 Å². The van der Waals surface area contributed by atoms with Crippen LogP contribution in [0.25, 0.3) is 0 Å². The Bertz CT molecular complexity index is 376. The summed E-state index contributed by atoms with van der Waals surface area (Å²) in [5, 5.41) is 22.2. The number of hydrogen-bond donors (Lipinski definition) is 3. The van der Waals surface area contributed by atoms with Crippen LogP contribution in [0.5, 0.6) is 11.5 Å². The van der Waals surface area contributed by atoms with E-state index in [1.165, 1.54) is 12.1 Å². The molecule has 1 aliphatic rings. The van der Waals surface area contributed by atoms with Gasteiger partial charge in [0.05, 0.1) is 0 Å². The zero-order chi connectivity index (χ0) is 11.5. The smallest absolute Gasteiger partial charge is 0.163 e. The van der Waals surface area contributed by atoms with Crippen molar-refractivity contribution < 1.29 is 14.6 Å².